The van der Waals surface area contributed by atoms with Gasteiger partial charge in [0.25, 0.3) is 0 Å². The molecule has 0 radical (unpaired) electrons. The molecule has 0 aliphatic heterocycles. The summed E-state index contributed by atoms with van der Waals surface area (Å²) in [7, 11) is 0. The van der Waals surface area contributed by atoms with Crippen molar-refractivity contribution in [2.24, 2.45) is 0 Å². The first-order valence-corrected chi connectivity index (χ1v) is 4.89. The van der Waals surface area contributed by atoms with Gasteiger partial charge in [-0.25, -0.2) is 0 Å². The van der Waals surface area contributed by atoms with Gasteiger partial charge in [-0.3, -0.25) is 0 Å². The lowest BCUT2D eigenvalue weighted by atomic mass is 10.2. The largest absolute Gasteiger partial charge is 0.192 e. The summed E-state index contributed by atoms with van der Waals surface area (Å²) in [4.78, 5) is 1.19. The Morgan fingerprint density at radius 2 is 2.17 bits per heavy atom. The number of thioether (sulfide) groups is 1. The summed E-state index contributed by atoms with van der Waals surface area (Å²) in [6.45, 7) is 4.12. The van der Waals surface area contributed by atoms with E-state index >= 15 is 0 Å². The van der Waals surface area contributed by atoms with Crippen molar-refractivity contribution in [2.45, 2.75) is 18.7 Å². The first-order chi connectivity index (χ1) is 5.76. The van der Waals surface area contributed by atoms with Gasteiger partial charge in [-0.15, -0.1) is 11.8 Å². The number of nitriles is 1. The minimum Gasteiger partial charge on any atom is -0.192 e. The topological polar surface area (TPSA) is 23.8 Å². The van der Waals surface area contributed by atoms with E-state index in [9.17, 15) is 0 Å². The lowest BCUT2D eigenvalue weighted by Gasteiger charge is -2.00. The van der Waals surface area contributed by atoms with E-state index in [1.54, 1.807) is 11.8 Å². The van der Waals surface area contributed by atoms with Gasteiger partial charge in [0.2, 0.25) is 0 Å². The molecule has 0 saturated heterocycles. The number of aryl methyl sites for hydroxylation is 1. The highest BCUT2D eigenvalue weighted by Crippen LogP contribution is 2.20. The minimum atomic E-state index is 0.756. The van der Waals surface area contributed by atoms with E-state index in [1.165, 1.54) is 4.90 Å². The number of hydrogen-bond acceptors (Lipinski definition) is 2. The maximum Gasteiger partial charge on any atom is 0.0992 e. The second-order valence-corrected chi connectivity index (χ2v) is 3.92. The van der Waals surface area contributed by atoms with Gasteiger partial charge in [0.1, 0.15) is 0 Å². The molecule has 0 amide bonds. The smallest absolute Gasteiger partial charge is 0.0992 e. The third-order valence-corrected chi connectivity index (χ3v) is 2.35. The predicted molar refractivity (Wildman–Crippen MR) is 52.3 cm³/mol. The van der Waals surface area contributed by atoms with Crippen LogP contribution in [0.5, 0.6) is 0 Å². The Kier molecular flexibility index (Phi) is 3.19. The summed E-state index contributed by atoms with van der Waals surface area (Å²) in [5.41, 5.74) is 1.91. The van der Waals surface area contributed by atoms with Crippen molar-refractivity contribution < 1.29 is 0 Å². The van der Waals surface area contributed by atoms with Crippen LogP contribution in [0.15, 0.2) is 23.1 Å². The van der Waals surface area contributed by atoms with Gasteiger partial charge < -0.3 is 0 Å². The second-order valence-electron chi connectivity index (χ2n) is 2.58. The zero-order valence-electron chi connectivity index (χ0n) is 7.29. The number of rotatable bonds is 2. The molecule has 0 saturated carbocycles. The molecule has 1 nitrogen and oxygen atoms in total. The van der Waals surface area contributed by atoms with Crippen molar-refractivity contribution in [2.75, 3.05) is 5.75 Å². The molecule has 0 unspecified atom stereocenters. The number of benzene rings is 1. The van der Waals surface area contributed by atoms with Gasteiger partial charge in [0.05, 0.1) is 11.6 Å². The molecule has 62 valence electrons. The molecule has 0 aromatic heterocycles. The average molecular weight is 177 g/mol. The maximum atomic E-state index is 8.70. The molecule has 1 rings (SSSR count). The second kappa shape index (κ2) is 4.18. The van der Waals surface area contributed by atoms with Crippen molar-refractivity contribution in [3.05, 3.63) is 29.3 Å². The predicted octanol–water partition coefficient (Wildman–Crippen LogP) is 2.98. The molecule has 0 N–H and O–H groups in total. The third kappa shape index (κ3) is 2.28. The minimum absolute atomic E-state index is 0.756. The Labute approximate surface area is 77.4 Å². The first-order valence-electron chi connectivity index (χ1n) is 3.91. The van der Waals surface area contributed by atoms with Gasteiger partial charge in [0, 0.05) is 4.90 Å². The van der Waals surface area contributed by atoms with Gasteiger partial charge in [-0.05, 0) is 36.4 Å². The van der Waals surface area contributed by atoms with Crippen molar-refractivity contribution in [1.82, 2.24) is 0 Å². The van der Waals surface area contributed by atoms with Crippen LogP contribution in [0.25, 0.3) is 0 Å². The Morgan fingerprint density at radius 3 is 2.75 bits per heavy atom. The van der Waals surface area contributed by atoms with E-state index < -0.39 is 0 Å². The molecule has 12 heavy (non-hydrogen) atoms. The van der Waals surface area contributed by atoms with Gasteiger partial charge in [-0.1, -0.05) is 6.92 Å². The van der Waals surface area contributed by atoms with E-state index in [0.29, 0.717) is 0 Å². The standard InChI is InChI=1S/C10H11NS/c1-3-12-10-5-8(2)4-9(6-10)7-11/h4-6H,3H2,1-2H3. The van der Waals surface area contributed by atoms with Crippen molar-refractivity contribution in [3.63, 3.8) is 0 Å². The fourth-order valence-corrected chi connectivity index (χ4v) is 1.88. The van der Waals surface area contributed by atoms with Crippen molar-refractivity contribution in [3.8, 4) is 6.07 Å². The lowest BCUT2D eigenvalue weighted by molar-refractivity contribution is 1.32. The zero-order valence-corrected chi connectivity index (χ0v) is 8.11. The van der Waals surface area contributed by atoms with Crippen molar-refractivity contribution >= 4 is 11.8 Å². The highest BCUT2D eigenvalue weighted by molar-refractivity contribution is 7.99. The van der Waals surface area contributed by atoms with Crippen LogP contribution in [-0.2, 0) is 0 Å². The number of nitrogens with zero attached hydrogens (tertiary/aromatic N) is 1. The summed E-state index contributed by atoms with van der Waals surface area (Å²) in [6, 6.07) is 8.09. The fourth-order valence-electron chi connectivity index (χ4n) is 1.06. The molecular formula is C10H11NS. The summed E-state index contributed by atoms with van der Waals surface area (Å²) >= 11 is 1.77. The molecule has 2 heteroatoms. The molecule has 1 aromatic carbocycles. The quantitative estimate of drug-likeness (QED) is 0.648. The zero-order chi connectivity index (χ0) is 8.97. The van der Waals surface area contributed by atoms with Crippen LogP contribution in [0.4, 0.5) is 0 Å². The summed E-state index contributed by atoms with van der Waals surface area (Å²) < 4.78 is 0. The van der Waals surface area contributed by atoms with Crippen LogP contribution in [0.2, 0.25) is 0 Å². The molecule has 0 fully saturated rings. The molecule has 1 aromatic rings. The molecule has 0 spiro atoms. The molecule has 0 aliphatic rings. The van der Waals surface area contributed by atoms with Crippen LogP contribution in [-0.4, -0.2) is 5.75 Å². The SMILES string of the molecule is CCSc1cc(C)cc(C#N)c1. The van der Waals surface area contributed by atoms with Crippen LogP contribution in [0.1, 0.15) is 18.1 Å². The lowest BCUT2D eigenvalue weighted by Crippen LogP contribution is -1.80. The van der Waals surface area contributed by atoms with Crippen LogP contribution < -0.4 is 0 Å². The highest BCUT2D eigenvalue weighted by Gasteiger charge is 1.96. The van der Waals surface area contributed by atoms with E-state index in [-0.39, 0.29) is 0 Å². The molecular weight excluding hydrogens is 166 g/mol. The average Bonchev–Trinajstić information content (AvgIpc) is 2.04. The monoisotopic (exact) mass is 177 g/mol. The molecule has 0 aliphatic carbocycles. The Bertz CT molecular complexity index is 312. The Morgan fingerprint density at radius 1 is 1.42 bits per heavy atom. The molecule has 0 atom stereocenters. The van der Waals surface area contributed by atoms with Gasteiger partial charge in [-0.2, -0.15) is 5.26 Å². The first kappa shape index (κ1) is 9.15. The molecule has 0 bridgehead atoms. The van der Waals surface area contributed by atoms with Crippen LogP contribution in [0.3, 0.4) is 0 Å². The Balaban J connectivity index is 3.00. The summed E-state index contributed by atoms with van der Waals surface area (Å²) in [6.07, 6.45) is 0. The van der Waals surface area contributed by atoms with E-state index in [2.05, 4.69) is 19.1 Å². The van der Waals surface area contributed by atoms with Gasteiger partial charge >= 0.3 is 0 Å². The number of hydrogen-bond donors (Lipinski definition) is 0. The van der Waals surface area contributed by atoms with Crippen LogP contribution in [0, 0.1) is 18.3 Å². The van der Waals surface area contributed by atoms with E-state index in [1.807, 2.05) is 19.1 Å². The maximum absolute atomic E-state index is 8.70. The highest BCUT2D eigenvalue weighted by atomic mass is 32.2. The van der Waals surface area contributed by atoms with Gasteiger partial charge in [0.15, 0.2) is 0 Å². The van der Waals surface area contributed by atoms with E-state index in [4.69, 9.17) is 5.26 Å². The third-order valence-electron chi connectivity index (χ3n) is 1.49. The molecule has 0 heterocycles. The fraction of sp³-hybridized carbons (Fsp3) is 0.300. The van der Waals surface area contributed by atoms with E-state index in [0.717, 1.165) is 16.9 Å². The summed E-state index contributed by atoms with van der Waals surface area (Å²) in [5.74, 6) is 1.05. The Hall–Kier alpha value is -0.940. The van der Waals surface area contributed by atoms with Crippen molar-refractivity contribution in [1.29, 1.82) is 5.26 Å². The normalized spacial score (nSPS) is 9.42. The van der Waals surface area contributed by atoms with Crippen LogP contribution >= 0.6 is 11.8 Å². The summed E-state index contributed by atoms with van der Waals surface area (Å²) in [5, 5.41) is 8.70.